The first-order chi connectivity index (χ1) is 58.1. The van der Waals surface area contributed by atoms with Gasteiger partial charge in [0.25, 0.3) is 0 Å². The molecule has 0 bridgehead atoms. The maximum atomic E-state index is 2.51. The Balaban J connectivity index is 0.000000135. The average molecular weight is 1500 g/mol. The van der Waals surface area contributed by atoms with Crippen LogP contribution in [0.5, 0.6) is 0 Å². The van der Waals surface area contributed by atoms with Gasteiger partial charge in [0.05, 0.1) is 0 Å². The van der Waals surface area contributed by atoms with E-state index in [0.29, 0.717) is 0 Å². The molecule has 0 amide bonds. The third-order valence-electron chi connectivity index (χ3n) is 27.0. The molecule has 0 spiro atoms. The van der Waals surface area contributed by atoms with E-state index in [2.05, 4.69) is 428 Å². The molecular weight excluding hydrogens is 1420 g/mol. The lowest BCUT2D eigenvalue weighted by Crippen LogP contribution is -2.16. The minimum Gasteiger partial charge on any atom is -0.0616 e. The van der Waals surface area contributed by atoms with Crippen molar-refractivity contribution in [1.82, 2.24) is 0 Å². The Labute approximate surface area is 685 Å². The van der Waals surface area contributed by atoms with Crippen molar-refractivity contribution in [2.24, 2.45) is 0 Å². The van der Waals surface area contributed by atoms with Crippen molar-refractivity contribution in [2.75, 3.05) is 0 Å². The standard InChI is InChI=1S/C61H40.C57H38/c1-61(2)57-34-40(30-31-48(57)56-35-54-46-24-9-6-21-43(46)44-22-7-10-25-47(44)55(54)36-58(56)61)60-51-28-13-11-26-49(51)59(50-27-12-14-29-52(50)60)39-18-15-17-37(32-39)53-33-38-16-3-4-19-41(38)42-20-5-8-23-45(42)53;1-57(2)52-34-38(29-30-44(52)51-32-31-50-43-22-6-5-20-41(43)42-21-7-8-23-45(42)55(50)56(51)57)54-48-26-11-9-24-46(48)53(47-25-10-12-27-49(47)54)37-18-13-17-36(33-37)40-28-14-16-35-15-3-4-19-39(35)40/h3-36H,1-2H3;3-34H,1-2H3. The molecule has 0 nitrogen and oxygen atoms in total. The molecule has 0 aromatic heterocycles. The Morgan fingerprint density at radius 2 is 0.449 bits per heavy atom. The normalized spacial score (nSPS) is 13.2. The second kappa shape index (κ2) is 26.0. The van der Waals surface area contributed by atoms with Crippen LogP contribution < -0.4 is 0 Å². The average Bonchev–Trinajstić information content (AvgIpc) is 1.55. The minimum absolute atomic E-state index is 0.180. The lowest BCUT2D eigenvalue weighted by Gasteiger charge is -2.25. The Morgan fingerprint density at radius 3 is 0.932 bits per heavy atom. The molecule has 25 rings (SSSR count). The van der Waals surface area contributed by atoms with Crippen molar-refractivity contribution < 1.29 is 0 Å². The highest BCUT2D eigenvalue weighted by Crippen LogP contribution is 2.58. The van der Waals surface area contributed by atoms with Crippen LogP contribution in [0.3, 0.4) is 0 Å². The van der Waals surface area contributed by atoms with Gasteiger partial charge in [-0.05, 0) is 294 Å². The summed E-state index contributed by atoms with van der Waals surface area (Å²) in [6.45, 7) is 9.71. The van der Waals surface area contributed by atoms with Gasteiger partial charge in [-0.3, -0.25) is 0 Å². The molecule has 0 saturated heterocycles. The Kier molecular flexibility index (Phi) is 14.9. The number of hydrogen-bond donors (Lipinski definition) is 0. The smallest absolute Gasteiger partial charge is 0.0165 e. The summed E-state index contributed by atoms with van der Waals surface area (Å²) < 4.78 is 0. The third-order valence-corrected chi connectivity index (χ3v) is 27.0. The van der Waals surface area contributed by atoms with Gasteiger partial charge >= 0.3 is 0 Å². The highest BCUT2D eigenvalue weighted by Gasteiger charge is 2.40. The van der Waals surface area contributed by atoms with Crippen LogP contribution in [0.4, 0.5) is 0 Å². The molecule has 550 valence electrons. The molecule has 0 atom stereocenters. The van der Waals surface area contributed by atoms with E-state index in [4.69, 9.17) is 0 Å². The Bertz CT molecular complexity index is 8150. The maximum Gasteiger partial charge on any atom is 0.0165 e. The Hall–Kier alpha value is -14.6. The quantitative estimate of drug-likeness (QED) is 0.115. The van der Waals surface area contributed by atoms with Gasteiger partial charge in [-0.25, -0.2) is 0 Å². The highest BCUT2D eigenvalue weighted by atomic mass is 14.4. The zero-order valence-corrected chi connectivity index (χ0v) is 66.1. The largest absolute Gasteiger partial charge is 0.0616 e. The maximum absolute atomic E-state index is 2.51. The molecule has 23 aromatic carbocycles. The first-order valence-electron chi connectivity index (χ1n) is 41.6. The van der Waals surface area contributed by atoms with Crippen LogP contribution in [0.1, 0.15) is 49.9 Å². The van der Waals surface area contributed by atoms with Gasteiger partial charge in [0, 0.05) is 10.8 Å². The van der Waals surface area contributed by atoms with Gasteiger partial charge in [0.1, 0.15) is 0 Å². The molecule has 0 fully saturated rings. The van der Waals surface area contributed by atoms with Gasteiger partial charge < -0.3 is 0 Å². The lowest BCUT2D eigenvalue weighted by atomic mass is 9.77. The molecule has 2 aliphatic rings. The van der Waals surface area contributed by atoms with Gasteiger partial charge in [0.2, 0.25) is 0 Å². The van der Waals surface area contributed by atoms with Crippen molar-refractivity contribution in [3.05, 3.63) is 423 Å². The Morgan fingerprint density at radius 1 is 0.144 bits per heavy atom. The van der Waals surface area contributed by atoms with Crippen LogP contribution in [0.25, 0.3) is 229 Å². The van der Waals surface area contributed by atoms with Crippen LogP contribution in [0.15, 0.2) is 400 Å². The lowest BCUT2D eigenvalue weighted by molar-refractivity contribution is 0.661. The number of hydrogen-bond acceptors (Lipinski definition) is 0. The van der Waals surface area contributed by atoms with Crippen molar-refractivity contribution in [3.63, 3.8) is 0 Å². The number of rotatable bonds is 6. The topological polar surface area (TPSA) is 0 Å². The molecule has 118 heavy (non-hydrogen) atoms. The number of benzene rings is 23. The van der Waals surface area contributed by atoms with Crippen molar-refractivity contribution in [1.29, 1.82) is 0 Å². The van der Waals surface area contributed by atoms with Gasteiger partial charge in [0.15, 0.2) is 0 Å². The van der Waals surface area contributed by atoms with Crippen LogP contribution in [-0.2, 0) is 10.8 Å². The fraction of sp³-hybridized carbons (Fsp3) is 0.0508. The molecule has 0 heterocycles. The van der Waals surface area contributed by atoms with Crippen molar-refractivity contribution in [3.8, 4) is 89.0 Å². The summed E-state index contributed by atoms with van der Waals surface area (Å²) in [5, 5.41) is 33.8. The van der Waals surface area contributed by atoms with E-state index in [1.165, 1.54) is 251 Å². The molecule has 0 aliphatic heterocycles. The molecule has 0 radical (unpaired) electrons. The fourth-order valence-corrected chi connectivity index (χ4v) is 21.7. The van der Waals surface area contributed by atoms with Gasteiger partial charge in [-0.15, -0.1) is 0 Å². The second-order valence-electron chi connectivity index (χ2n) is 33.9. The van der Waals surface area contributed by atoms with Gasteiger partial charge in [-0.2, -0.15) is 0 Å². The van der Waals surface area contributed by atoms with E-state index in [0.717, 1.165) is 0 Å². The van der Waals surface area contributed by atoms with E-state index in [1.54, 1.807) is 0 Å². The molecule has 0 saturated carbocycles. The van der Waals surface area contributed by atoms with E-state index >= 15 is 0 Å². The highest BCUT2D eigenvalue weighted by molar-refractivity contribution is 6.30. The zero-order valence-electron chi connectivity index (χ0n) is 66.1. The van der Waals surface area contributed by atoms with E-state index in [1.807, 2.05) is 0 Å². The summed E-state index contributed by atoms with van der Waals surface area (Å²) in [5.41, 5.74) is 25.7. The van der Waals surface area contributed by atoms with E-state index in [-0.39, 0.29) is 10.8 Å². The first-order valence-corrected chi connectivity index (χ1v) is 41.6. The van der Waals surface area contributed by atoms with Crippen LogP contribution in [-0.4, -0.2) is 0 Å². The molecule has 23 aromatic rings. The van der Waals surface area contributed by atoms with E-state index < -0.39 is 0 Å². The SMILES string of the molecule is CC1(C)c2cc(-c3c4ccccc4c(-c4cccc(-c5cc6ccccc6c6ccccc56)c4)c4ccccc34)ccc2-c2cc3c4ccccc4c4ccccc4c3cc21.CC1(C)c2cc(-c3c4ccccc4c(-c4cccc(-c5cccc6ccccc56)c4)c4ccccc34)ccc2-c2ccc3c4ccccc4c4ccccc4c3c21. The van der Waals surface area contributed by atoms with Crippen molar-refractivity contribution in [2.45, 2.75) is 38.5 Å². The summed E-state index contributed by atoms with van der Waals surface area (Å²) in [6.07, 6.45) is 0. The minimum atomic E-state index is -0.209. The molecular formula is C118H78. The third kappa shape index (κ3) is 10.0. The molecule has 0 heteroatoms. The second-order valence-corrected chi connectivity index (χ2v) is 33.9. The van der Waals surface area contributed by atoms with E-state index in [9.17, 15) is 0 Å². The fourth-order valence-electron chi connectivity index (χ4n) is 21.7. The molecule has 0 N–H and O–H groups in total. The van der Waals surface area contributed by atoms with Gasteiger partial charge in [-0.1, -0.05) is 386 Å². The molecule has 0 unspecified atom stereocenters. The number of fused-ring (bicyclic) bond motifs is 27. The predicted octanol–water partition coefficient (Wildman–Crippen LogP) is 33.0. The summed E-state index contributed by atoms with van der Waals surface area (Å²) in [5.74, 6) is 0. The molecule has 2 aliphatic carbocycles. The summed E-state index contributed by atoms with van der Waals surface area (Å²) in [4.78, 5) is 0. The van der Waals surface area contributed by atoms with Crippen LogP contribution in [0.2, 0.25) is 0 Å². The zero-order chi connectivity index (χ0) is 78.2. The van der Waals surface area contributed by atoms with Crippen molar-refractivity contribution >= 4 is 140 Å². The summed E-state index contributed by atoms with van der Waals surface area (Å²) >= 11 is 0. The first kappa shape index (κ1) is 67.9. The summed E-state index contributed by atoms with van der Waals surface area (Å²) in [7, 11) is 0. The predicted molar refractivity (Wildman–Crippen MR) is 508 cm³/mol. The summed E-state index contributed by atoms with van der Waals surface area (Å²) in [6, 6.07) is 150. The monoisotopic (exact) mass is 1490 g/mol. The van der Waals surface area contributed by atoms with Crippen LogP contribution >= 0.6 is 0 Å². The van der Waals surface area contributed by atoms with Crippen LogP contribution in [0, 0.1) is 0 Å².